The highest BCUT2D eigenvalue weighted by Crippen LogP contribution is 2.49. The van der Waals surface area contributed by atoms with Crippen LogP contribution in [0.4, 0.5) is 4.79 Å². The molecule has 7 nitrogen and oxygen atoms in total. The molecule has 3 aliphatic rings. The summed E-state index contributed by atoms with van der Waals surface area (Å²) in [6.45, 7) is 7.22. The minimum Gasteiger partial charge on any atom is -0.508 e. The van der Waals surface area contributed by atoms with Crippen molar-refractivity contribution in [1.82, 2.24) is 19.7 Å². The molecule has 6 rings (SSSR count). The average Bonchev–Trinajstić information content (AvgIpc) is 3.29. The number of nitrogens with one attached hydrogen (secondary N) is 1. The summed E-state index contributed by atoms with van der Waals surface area (Å²) in [5.74, 6) is 0.685. The number of carbonyl (C=O) groups excluding carboxylic acids is 2. The number of urea groups is 1. The number of benzene rings is 2. The van der Waals surface area contributed by atoms with Crippen LogP contribution >= 0.6 is 11.6 Å². The Morgan fingerprint density at radius 2 is 1.89 bits per heavy atom. The van der Waals surface area contributed by atoms with Crippen molar-refractivity contribution in [2.24, 2.45) is 5.92 Å². The topological polar surface area (TPSA) is 79.9 Å². The van der Waals surface area contributed by atoms with E-state index in [1.807, 2.05) is 31.2 Å². The number of aromatic amines is 1. The van der Waals surface area contributed by atoms with Gasteiger partial charge >= 0.3 is 6.03 Å². The van der Waals surface area contributed by atoms with Crippen molar-refractivity contribution in [2.75, 3.05) is 26.2 Å². The number of amides is 3. The van der Waals surface area contributed by atoms with Gasteiger partial charge in [0, 0.05) is 41.1 Å². The summed E-state index contributed by atoms with van der Waals surface area (Å²) in [5.41, 5.74) is 2.49. The van der Waals surface area contributed by atoms with Crippen LogP contribution in [0.25, 0.3) is 10.9 Å². The van der Waals surface area contributed by atoms with Gasteiger partial charge in [-0.25, -0.2) is 4.79 Å². The molecule has 0 saturated carbocycles. The number of phenols is 1. The van der Waals surface area contributed by atoms with Crippen LogP contribution in [0.1, 0.15) is 49.6 Å². The molecule has 8 heteroatoms. The van der Waals surface area contributed by atoms with Gasteiger partial charge in [0.2, 0.25) is 0 Å². The predicted octanol–water partition coefficient (Wildman–Crippen LogP) is 4.93. The minimum absolute atomic E-state index is 0.120. The standard InChI is InChI=1S/C28H31ClN4O3/c1-17-8-10-31(11-9-17)12-13-32-26(35)28(2)16-22-21-15-19(29)6-7-23(21)30-24(22)25(33(28)27(32)36)18-4-3-5-20(34)14-18/h3-7,14-15,17,25,30,34H,8-13,16H2,1-2H3. The number of phenolic OH excluding ortho intramolecular Hbond substituents is 1. The fourth-order valence-corrected chi connectivity index (χ4v) is 6.42. The Kier molecular flexibility index (Phi) is 5.54. The molecule has 3 amide bonds. The molecule has 4 heterocycles. The first-order valence-electron chi connectivity index (χ1n) is 12.7. The van der Waals surface area contributed by atoms with Gasteiger partial charge in [0.25, 0.3) is 5.91 Å². The van der Waals surface area contributed by atoms with E-state index in [0.717, 1.165) is 59.6 Å². The van der Waals surface area contributed by atoms with Crippen molar-refractivity contribution in [3.63, 3.8) is 0 Å². The summed E-state index contributed by atoms with van der Waals surface area (Å²) in [5, 5.41) is 11.9. The molecule has 2 fully saturated rings. The first-order chi connectivity index (χ1) is 17.3. The van der Waals surface area contributed by atoms with Crippen LogP contribution in [0, 0.1) is 5.92 Å². The van der Waals surface area contributed by atoms with Gasteiger partial charge < -0.3 is 15.0 Å². The zero-order valence-corrected chi connectivity index (χ0v) is 21.4. The summed E-state index contributed by atoms with van der Waals surface area (Å²) in [7, 11) is 0. The maximum atomic E-state index is 13.9. The van der Waals surface area contributed by atoms with Crippen LogP contribution in [-0.4, -0.2) is 68.4 Å². The van der Waals surface area contributed by atoms with E-state index in [-0.39, 0.29) is 17.7 Å². The number of rotatable bonds is 4. The lowest BCUT2D eigenvalue weighted by molar-refractivity contribution is -0.133. The maximum Gasteiger partial charge on any atom is 0.328 e. The monoisotopic (exact) mass is 506 g/mol. The molecule has 3 aliphatic heterocycles. The molecule has 36 heavy (non-hydrogen) atoms. The summed E-state index contributed by atoms with van der Waals surface area (Å²) >= 11 is 6.35. The Hall–Kier alpha value is -3.03. The van der Waals surface area contributed by atoms with Crippen molar-refractivity contribution >= 4 is 34.4 Å². The SMILES string of the molecule is CC1CCN(CCN2C(=O)N3C(c4cccc(O)c4)c4[nH]c5ccc(Cl)cc5c4CC3(C)C2=O)CC1. The molecule has 2 aromatic carbocycles. The van der Waals surface area contributed by atoms with Gasteiger partial charge in [-0.3, -0.25) is 14.6 Å². The first-order valence-corrected chi connectivity index (χ1v) is 13.1. The normalized spacial score (nSPS) is 25.0. The number of carbonyl (C=O) groups is 2. The number of nitrogens with zero attached hydrogens (tertiary/aromatic N) is 3. The summed E-state index contributed by atoms with van der Waals surface area (Å²) in [6.07, 6.45) is 2.70. The fraction of sp³-hybridized carbons (Fsp3) is 0.429. The molecule has 188 valence electrons. The second-order valence-electron chi connectivity index (χ2n) is 10.8. The lowest BCUT2D eigenvalue weighted by atomic mass is 9.81. The van der Waals surface area contributed by atoms with Gasteiger partial charge in [0.1, 0.15) is 17.3 Å². The Bertz CT molecular complexity index is 1360. The number of H-pyrrole nitrogens is 1. The number of fused-ring (bicyclic) bond motifs is 4. The number of aromatic hydroxyl groups is 1. The van der Waals surface area contributed by atoms with E-state index in [1.165, 1.54) is 4.90 Å². The van der Waals surface area contributed by atoms with E-state index in [4.69, 9.17) is 11.6 Å². The molecular weight excluding hydrogens is 476 g/mol. The van der Waals surface area contributed by atoms with E-state index in [9.17, 15) is 14.7 Å². The smallest absolute Gasteiger partial charge is 0.328 e. The van der Waals surface area contributed by atoms with Crippen LogP contribution in [0.2, 0.25) is 5.02 Å². The Morgan fingerprint density at radius 1 is 1.11 bits per heavy atom. The second kappa shape index (κ2) is 8.53. The molecule has 2 unspecified atom stereocenters. The lowest BCUT2D eigenvalue weighted by Gasteiger charge is -2.42. The summed E-state index contributed by atoms with van der Waals surface area (Å²) in [6, 6.07) is 11.8. The Labute approximate surface area is 215 Å². The van der Waals surface area contributed by atoms with Crippen LogP contribution < -0.4 is 0 Å². The molecule has 1 aromatic heterocycles. The second-order valence-corrected chi connectivity index (χ2v) is 11.2. The van der Waals surface area contributed by atoms with Gasteiger partial charge in [0.15, 0.2) is 0 Å². The van der Waals surface area contributed by atoms with Crippen molar-refractivity contribution in [3.05, 3.63) is 64.3 Å². The van der Waals surface area contributed by atoms with E-state index >= 15 is 0 Å². The number of piperidine rings is 1. The third-order valence-electron chi connectivity index (χ3n) is 8.33. The molecular formula is C28H31ClN4O3. The minimum atomic E-state index is -1.03. The highest BCUT2D eigenvalue weighted by atomic mass is 35.5. The zero-order chi connectivity index (χ0) is 25.2. The third-order valence-corrected chi connectivity index (χ3v) is 8.57. The van der Waals surface area contributed by atoms with Gasteiger partial charge in [-0.15, -0.1) is 0 Å². The highest BCUT2D eigenvalue weighted by molar-refractivity contribution is 6.31. The number of hydrogen-bond acceptors (Lipinski definition) is 4. The van der Waals surface area contributed by atoms with Crippen molar-refractivity contribution in [3.8, 4) is 5.75 Å². The maximum absolute atomic E-state index is 13.9. The van der Waals surface area contributed by atoms with Crippen molar-refractivity contribution < 1.29 is 14.7 Å². The van der Waals surface area contributed by atoms with E-state index in [0.29, 0.717) is 24.5 Å². The summed E-state index contributed by atoms with van der Waals surface area (Å²) < 4.78 is 0. The average molecular weight is 507 g/mol. The van der Waals surface area contributed by atoms with Gasteiger partial charge in [0.05, 0.1) is 0 Å². The molecule has 2 atom stereocenters. The number of likely N-dealkylation sites (tertiary alicyclic amines) is 1. The van der Waals surface area contributed by atoms with Crippen LogP contribution in [-0.2, 0) is 11.2 Å². The number of hydrogen-bond donors (Lipinski definition) is 2. The third kappa shape index (κ3) is 3.59. The Morgan fingerprint density at radius 3 is 2.64 bits per heavy atom. The van der Waals surface area contributed by atoms with Gasteiger partial charge in [-0.1, -0.05) is 30.7 Å². The fourth-order valence-electron chi connectivity index (χ4n) is 6.25. The number of imide groups is 1. The van der Waals surface area contributed by atoms with Gasteiger partial charge in [-0.2, -0.15) is 0 Å². The highest BCUT2D eigenvalue weighted by Gasteiger charge is 2.60. The molecule has 3 aromatic rings. The van der Waals surface area contributed by atoms with E-state index in [2.05, 4.69) is 16.8 Å². The van der Waals surface area contributed by atoms with Crippen LogP contribution in [0.5, 0.6) is 5.75 Å². The quantitative estimate of drug-likeness (QED) is 0.492. The number of halogens is 1. The number of aromatic nitrogens is 1. The molecule has 2 saturated heterocycles. The summed E-state index contributed by atoms with van der Waals surface area (Å²) in [4.78, 5) is 36.9. The molecule has 0 aliphatic carbocycles. The predicted molar refractivity (Wildman–Crippen MR) is 139 cm³/mol. The first kappa shape index (κ1) is 23.4. The van der Waals surface area contributed by atoms with Crippen LogP contribution in [0.15, 0.2) is 42.5 Å². The Balaban J connectivity index is 1.41. The zero-order valence-electron chi connectivity index (χ0n) is 20.6. The molecule has 0 spiro atoms. The largest absolute Gasteiger partial charge is 0.508 e. The van der Waals surface area contributed by atoms with Crippen LogP contribution in [0.3, 0.4) is 0 Å². The van der Waals surface area contributed by atoms with Crippen molar-refractivity contribution in [1.29, 1.82) is 0 Å². The van der Waals surface area contributed by atoms with E-state index in [1.54, 1.807) is 23.1 Å². The van der Waals surface area contributed by atoms with Crippen molar-refractivity contribution in [2.45, 2.75) is 44.7 Å². The molecule has 0 radical (unpaired) electrons. The van der Waals surface area contributed by atoms with Gasteiger partial charge in [-0.05, 0) is 80.2 Å². The van der Waals surface area contributed by atoms with E-state index < -0.39 is 11.6 Å². The lowest BCUT2D eigenvalue weighted by Crippen LogP contribution is -2.53. The molecule has 2 N–H and O–H groups in total. The molecule has 0 bridgehead atoms.